The molecule has 0 aliphatic rings. The van der Waals surface area contributed by atoms with Crippen molar-refractivity contribution in [1.29, 1.82) is 0 Å². The van der Waals surface area contributed by atoms with Crippen LogP contribution in [-0.4, -0.2) is 39.8 Å². The first kappa shape index (κ1) is 19.8. The summed E-state index contributed by atoms with van der Waals surface area (Å²) in [5, 5.41) is 5.89. The van der Waals surface area contributed by atoms with Crippen LogP contribution in [0.1, 0.15) is 24.2 Å². The Hall–Kier alpha value is -2.52. The molecule has 0 aliphatic carbocycles. The van der Waals surface area contributed by atoms with E-state index < -0.39 is 10.0 Å². The Bertz CT molecular complexity index is 832. The number of amides is 1. The normalized spacial score (nSPS) is 11.4. The molecule has 0 radical (unpaired) electrons. The molecule has 142 valence electrons. The van der Waals surface area contributed by atoms with Gasteiger partial charge >= 0.3 is 0 Å². The van der Waals surface area contributed by atoms with Crippen LogP contribution in [0.4, 0.5) is 11.4 Å². The number of anilines is 2. The lowest BCUT2D eigenvalue weighted by atomic mass is 10.2. The second kappa shape index (κ2) is 8.72. The average Bonchev–Trinajstić information content (AvgIpc) is 3.06. The molecule has 1 aromatic carbocycles. The molecule has 2 rings (SSSR count). The minimum atomic E-state index is -3.51. The standard InChI is InChI=1S/C17H23N3O5S/c1-12(2)18-7-9-25-16-5-4-14(10-15(16)20-26(3,22)23)19-17(21)13-6-8-24-11-13/h4-6,8,10-12,18,20H,7,9H2,1-3H3,(H,19,21). The fraction of sp³-hybridized carbons (Fsp3) is 0.353. The number of ether oxygens (including phenoxy) is 1. The molecular formula is C17H23N3O5S. The van der Waals surface area contributed by atoms with E-state index in [0.717, 1.165) is 6.26 Å². The Morgan fingerprint density at radius 2 is 2.04 bits per heavy atom. The summed E-state index contributed by atoms with van der Waals surface area (Å²) in [6, 6.07) is 6.60. The highest BCUT2D eigenvalue weighted by Gasteiger charge is 2.13. The Kier molecular flexibility index (Phi) is 6.64. The van der Waals surface area contributed by atoms with E-state index in [4.69, 9.17) is 9.15 Å². The van der Waals surface area contributed by atoms with Crippen LogP contribution >= 0.6 is 0 Å². The lowest BCUT2D eigenvalue weighted by Gasteiger charge is -2.15. The summed E-state index contributed by atoms with van der Waals surface area (Å²) < 4.78 is 36.2. The van der Waals surface area contributed by atoms with Crippen LogP contribution in [0.25, 0.3) is 0 Å². The monoisotopic (exact) mass is 381 g/mol. The molecule has 0 bridgehead atoms. The predicted octanol–water partition coefficient (Wildman–Crippen LogP) is 2.28. The number of nitrogens with one attached hydrogen (secondary N) is 3. The molecule has 1 amide bonds. The maximum atomic E-state index is 12.1. The van der Waals surface area contributed by atoms with Crippen molar-refractivity contribution in [3.8, 4) is 5.75 Å². The van der Waals surface area contributed by atoms with Gasteiger partial charge in [-0.2, -0.15) is 0 Å². The van der Waals surface area contributed by atoms with E-state index >= 15 is 0 Å². The zero-order valence-electron chi connectivity index (χ0n) is 14.9. The summed E-state index contributed by atoms with van der Waals surface area (Å²) in [5.74, 6) is 0.0150. The number of sulfonamides is 1. The van der Waals surface area contributed by atoms with E-state index in [1.165, 1.54) is 24.7 Å². The van der Waals surface area contributed by atoms with Crippen LogP contribution in [0, 0.1) is 0 Å². The van der Waals surface area contributed by atoms with Gasteiger partial charge in [-0.05, 0) is 24.3 Å². The number of rotatable bonds is 9. The van der Waals surface area contributed by atoms with Crippen molar-refractivity contribution in [3.63, 3.8) is 0 Å². The smallest absolute Gasteiger partial charge is 0.258 e. The third kappa shape index (κ3) is 6.41. The number of carbonyl (C=O) groups is 1. The van der Waals surface area contributed by atoms with Gasteiger partial charge in [-0.3, -0.25) is 9.52 Å². The van der Waals surface area contributed by atoms with Gasteiger partial charge < -0.3 is 19.8 Å². The van der Waals surface area contributed by atoms with Gasteiger partial charge in [-0.15, -0.1) is 0 Å². The topological polar surface area (TPSA) is 110 Å². The second-order valence-corrected chi connectivity index (χ2v) is 7.76. The minimum absolute atomic E-state index is 0.252. The zero-order chi connectivity index (χ0) is 19.2. The number of carbonyl (C=O) groups excluding carboxylic acids is 1. The summed E-state index contributed by atoms with van der Waals surface area (Å²) in [6.07, 6.45) is 3.77. The highest BCUT2D eigenvalue weighted by atomic mass is 32.2. The number of benzene rings is 1. The van der Waals surface area contributed by atoms with E-state index in [-0.39, 0.29) is 11.6 Å². The lowest BCUT2D eigenvalue weighted by molar-refractivity contribution is 0.102. The van der Waals surface area contributed by atoms with E-state index in [2.05, 4.69) is 15.4 Å². The summed E-state index contributed by atoms with van der Waals surface area (Å²) in [7, 11) is -3.51. The van der Waals surface area contributed by atoms with Crippen LogP contribution in [0.3, 0.4) is 0 Å². The van der Waals surface area contributed by atoms with Gasteiger partial charge in [0.15, 0.2) is 0 Å². The summed E-state index contributed by atoms with van der Waals surface area (Å²) in [6.45, 7) is 5.04. The van der Waals surface area contributed by atoms with Gasteiger partial charge in [0.1, 0.15) is 18.6 Å². The second-order valence-electron chi connectivity index (χ2n) is 6.01. The molecule has 0 fully saturated rings. The molecule has 0 saturated carbocycles. The molecule has 0 spiro atoms. The van der Waals surface area contributed by atoms with Crippen LogP contribution in [-0.2, 0) is 10.0 Å². The Morgan fingerprint density at radius 3 is 2.65 bits per heavy atom. The molecule has 0 atom stereocenters. The first-order chi connectivity index (χ1) is 12.2. The lowest BCUT2D eigenvalue weighted by Crippen LogP contribution is -2.27. The molecule has 0 aliphatic heterocycles. The van der Waals surface area contributed by atoms with Gasteiger partial charge in [-0.25, -0.2) is 8.42 Å². The molecule has 26 heavy (non-hydrogen) atoms. The van der Waals surface area contributed by atoms with Crippen molar-refractivity contribution in [2.24, 2.45) is 0 Å². The van der Waals surface area contributed by atoms with Crippen molar-refractivity contribution in [3.05, 3.63) is 42.4 Å². The quantitative estimate of drug-likeness (QED) is 0.575. The SMILES string of the molecule is CC(C)NCCOc1ccc(NC(=O)c2ccoc2)cc1NS(C)(=O)=O. The number of hydrogen-bond donors (Lipinski definition) is 3. The molecule has 9 heteroatoms. The summed E-state index contributed by atoms with van der Waals surface area (Å²) in [5.41, 5.74) is 1.04. The molecule has 2 aromatic rings. The Balaban J connectivity index is 2.13. The highest BCUT2D eigenvalue weighted by molar-refractivity contribution is 7.92. The van der Waals surface area contributed by atoms with Gasteiger partial charge in [0, 0.05) is 18.3 Å². The van der Waals surface area contributed by atoms with Crippen LogP contribution in [0.2, 0.25) is 0 Å². The van der Waals surface area contributed by atoms with E-state index in [0.29, 0.717) is 36.2 Å². The first-order valence-corrected chi connectivity index (χ1v) is 9.95. The Morgan fingerprint density at radius 1 is 1.27 bits per heavy atom. The van der Waals surface area contributed by atoms with E-state index in [1.807, 2.05) is 13.8 Å². The molecule has 1 aromatic heterocycles. The fourth-order valence-corrected chi connectivity index (χ4v) is 2.68. The largest absolute Gasteiger partial charge is 0.490 e. The van der Waals surface area contributed by atoms with Crippen molar-refractivity contribution in [2.75, 3.05) is 29.4 Å². The third-order valence-corrected chi connectivity index (χ3v) is 3.82. The molecule has 0 unspecified atom stereocenters. The van der Waals surface area contributed by atoms with Crippen LogP contribution in [0.5, 0.6) is 5.75 Å². The third-order valence-electron chi connectivity index (χ3n) is 3.23. The van der Waals surface area contributed by atoms with Gasteiger partial charge in [0.25, 0.3) is 5.91 Å². The van der Waals surface area contributed by atoms with Crippen molar-refractivity contribution in [2.45, 2.75) is 19.9 Å². The summed E-state index contributed by atoms with van der Waals surface area (Å²) in [4.78, 5) is 12.1. The maximum absolute atomic E-state index is 12.1. The van der Waals surface area contributed by atoms with Crippen molar-refractivity contribution >= 4 is 27.3 Å². The molecule has 8 nitrogen and oxygen atoms in total. The molecule has 3 N–H and O–H groups in total. The molecule has 1 heterocycles. The van der Waals surface area contributed by atoms with Gasteiger partial charge in [0.2, 0.25) is 10.0 Å². The first-order valence-electron chi connectivity index (χ1n) is 8.06. The predicted molar refractivity (Wildman–Crippen MR) is 100 cm³/mol. The zero-order valence-corrected chi connectivity index (χ0v) is 15.7. The minimum Gasteiger partial charge on any atom is -0.490 e. The van der Waals surface area contributed by atoms with Gasteiger partial charge in [-0.1, -0.05) is 13.8 Å². The molecule has 0 saturated heterocycles. The van der Waals surface area contributed by atoms with Crippen molar-refractivity contribution in [1.82, 2.24) is 5.32 Å². The van der Waals surface area contributed by atoms with E-state index in [1.54, 1.807) is 12.1 Å². The Labute approximate surface area is 153 Å². The molecular weight excluding hydrogens is 358 g/mol. The van der Waals surface area contributed by atoms with E-state index in [9.17, 15) is 13.2 Å². The summed E-state index contributed by atoms with van der Waals surface area (Å²) >= 11 is 0. The fourth-order valence-electron chi connectivity index (χ4n) is 2.12. The van der Waals surface area contributed by atoms with Crippen molar-refractivity contribution < 1.29 is 22.4 Å². The average molecular weight is 381 g/mol. The van der Waals surface area contributed by atoms with Crippen LogP contribution in [0.15, 0.2) is 41.2 Å². The van der Waals surface area contributed by atoms with Crippen LogP contribution < -0.4 is 20.1 Å². The van der Waals surface area contributed by atoms with Gasteiger partial charge in [0.05, 0.1) is 23.8 Å². The number of hydrogen-bond acceptors (Lipinski definition) is 6. The maximum Gasteiger partial charge on any atom is 0.258 e. The highest BCUT2D eigenvalue weighted by Crippen LogP contribution is 2.29. The number of furan rings is 1.